The summed E-state index contributed by atoms with van der Waals surface area (Å²) in [6.45, 7) is 0. The predicted molar refractivity (Wildman–Crippen MR) is 59.8 cm³/mol. The van der Waals surface area contributed by atoms with Gasteiger partial charge in [0.1, 0.15) is 5.76 Å². The van der Waals surface area contributed by atoms with Crippen LogP contribution in [0.1, 0.15) is 29.0 Å². The van der Waals surface area contributed by atoms with Crippen molar-refractivity contribution in [2.75, 3.05) is 0 Å². The Hall–Kier alpha value is -1.90. The number of hydrogen-bond acceptors (Lipinski definition) is 3. The maximum atomic E-state index is 11.8. The van der Waals surface area contributed by atoms with Crippen molar-refractivity contribution in [3.8, 4) is 0 Å². The lowest BCUT2D eigenvalue weighted by Crippen LogP contribution is -2.15. The van der Waals surface area contributed by atoms with Crippen LogP contribution in [0.3, 0.4) is 0 Å². The third-order valence-electron chi connectivity index (χ3n) is 3.00. The van der Waals surface area contributed by atoms with Gasteiger partial charge in [0.15, 0.2) is 5.78 Å². The number of fused-ring (bicyclic) bond motifs is 3. The monoisotopic (exact) mass is 214 g/mol. The summed E-state index contributed by atoms with van der Waals surface area (Å²) in [7, 11) is 0. The molecule has 0 spiro atoms. The van der Waals surface area contributed by atoms with Crippen molar-refractivity contribution in [3.63, 3.8) is 0 Å². The summed E-state index contributed by atoms with van der Waals surface area (Å²) in [5, 5.41) is 1.23. The maximum absolute atomic E-state index is 11.8. The third kappa shape index (κ3) is 1.21. The third-order valence-corrected chi connectivity index (χ3v) is 3.00. The molecule has 0 radical (unpaired) electrons. The molecule has 0 atom stereocenters. The molecule has 80 valence electrons. The smallest absolute Gasteiger partial charge is 0.343 e. The molecule has 3 heteroatoms. The number of carbonyl (C=O) groups is 1. The molecule has 0 amide bonds. The molecule has 2 aromatic rings. The van der Waals surface area contributed by atoms with Crippen molar-refractivity contribution in [2.45, 2.75) is 19.3 Å². The quantitative estimate of drug-likeness (QED) is 0.676. The van der Waals surface area contributed by atoms with Gasteiger partial charge in [0, 0.05) is 18.2 Å². The van der Waals surface area contributed by atoms with Gasteiger partial charge in [0.2, 0.25) is 0 Å². The van der Waals surface area contributed by atoms with Gasteiger partial charge < -0.3 is 4.42 Å². The minimum absolute atomic E-state index is 0.0844. The molecule has 0 fully saturated rings. The molecule has 0 unspecified atom stereocenters. The molecule has 1 aliphatic rings. The number of aryl methyl sites for hydroxylation is 1. The van der Waals surface area contributed by atoms with Crippen molar-refractivity contribution >= 4 is 16.6 Å². The molecule has 1 aromatic carbocycles. The Morgan fingerprint density at radius 2 is 1.75 bits per heavy atom. The second-order valence-electron chi connectivity index (χ2n) is 4.01. The van der Waals surface area contributed by atoms with Gasteiger partial charge in [-0.05, 0) is 12.5 Å². The minimum Gasteiger partial charge on any atom is -0.427 e. The van der Waals surface area contributed by atoms with Crippen molar-refractivity contribution in [1.82, 2.24) is 0 Å². The van der Waals surface area contributed by atoms with Crippen LogP contribution >= 0.6 is 0 Å². The van der Waals surface area contributed by atoms with Gasteiger partial charge in [0.25, 0.3) is 0 Å². The van der Waals surface area contributed by atoms with E-state index in [-0.39, 0.29) is 11.4 Å². The van der Waals surface area contributed by atoms with Crippen molar-refractivity contribution in [3.05, 3.63) is 46.0 Å². The summed E-state index contributed by atoms with van der Waals surface area (Å²) in [5.41, 5.74) is 0.269. The number of benzene rings is 1. The SMILES string of the molecule is O=C1CCCc2oc(=O)c3ccccc3c21. The molecule has 0 N–H and O–H groups in total. The van der Waals surface area contributed by atoms with E-state index in [9.17, 15) is 9.59 Å². The Balaban J connectivity index is 2.50. The van der Waals surface area contributed by atoms with Crippen molar-refractivity contribution in [1.29, 1.82) is 0 Å². The van der Waals surface area contributed by atoms with Gasteiger partial charge in [0.05, 0.1) is 10.9 Å². The highest BCUT2D eigenvalue weighted by Crippen LogP contribution is 2.26. The Morgan fingerprint density at radius 3 is 2.56 bits per heavy atom. The van der Waals surface area contributed by atoms with Crippen LogP contribution in [-0.4, -0.2) is 5.78 Å². The van der Waals surface area contributed by atoms with Gasteiger partial charge in [-0.3, -0.25) is 4.79 Å². The Kier molecular flexibility index (Phi) is 1.93. The number of ketones is 1. The van der Waals surface area contributed by atoms with E-state index < -0.39 is 0 Å². The first-order chi connectivity index (χ1) is 7.77. The van der Waals surface area contributed by atoms with Crippen LogP contribution in [0.2, 0.25) is 0 Å². The van der Waals surface area contributed by atoms with Crippen LogP contribution in [0.5, 0.6) is 0 Å². The fourth-order valence-electron chi connectivity index (χ4n) is 2.26. The van der Waals surface area contributed by atoms with Gasteiger partial charge in [-0.15, -0.1) is 0 Å². The van der Waals surface area contributed by atoms with Crippen LogP contribution in [0.4, 0.5) is 0 Å². The predicted octanol–water partition coefficient (Wildman–Crippen LogP) is 2.31. The zero-order chi connectivity index (χ0) is 11.1. The number of carbonyl (C=O) groups excluding carboxylic acids is 1. The first kappa shape index (κ1) is 9.33. The summed E-state index contributed by atoms with van der Waals surface area (Å²) in [5.74, 6) is 0.640. The highest BCUT2D eigenvalue weighted by molar-refractivity contribution is 6.09. The average molecular weight is 214 g/mol. The summed E-state index contributed by atoms with van der Waals surface area (Å²) in [4.78, 5) is 23.5. The minimum atomic E-state index is -0.343. The molecule has 0 saturated carbocycles. The topological polar surface area (TPSA) is 47.3 Å². The number of rotatable bonds is 0. The van der Waals surface area contributed by atoms with E-state index in [0.29, 0.717) is 29.6 Å². The standard InChI is InChI=1S/C13H10O3/c14-10-6-3-7-11-12(10)8-4-1-2-5-9(8)13(15)16-11/h1-2,4-5H,3,6-7H2. The summed E-state index contributed by atoms with van der Waals surface area (Å²) < 4.78 is 5.21. The lowest BCUT2D eigenvalue weighted by molar-refractivity contribution is 0.0968. The Labute approximate surface area is 91.7 Å². The van der Waals surface area contributed by atoms with Gasteiger partial charge in [-0.1, -0.05) is 18.2 Å². The van der Waals surface area contributed by atoms with Crippen LogP contribution < -0.4 is 5.63 Å². The van der Waals surface area contributed by atoms with E-state index in [4.69, 9.17) is 4.42 Å². The molecular formula is C13H10O3. The molecule has 1 aliphatic carbocycles. The van der Waals surface area contributed by atoms with Crippen molar-refractivity contribution in [2.24, 2.45) is 0 Å². The molecule has 3 nitrogen and oxygen atoms in total. The maximum Gasteiger partial charge on any atom is 0.343 e. The van der Waals surface area contributed by atoms with E-state index in [0.717, 1.165) is 11.8 Å². The van der Waals surface area contributed by atoms with Gasteiger partial charge in [-0.25, -0.2) is 4.79 Å². The van der Waals surface area contributed by atoms with Crippen molar-refractivity contribution < 1.29 is 9.21 Å². The molecule has 3 rings (SSSR count). The molecule has 1 heterocycles. The van der Waals surface area contributed by atoms with Crippen LogP contribution in [-0.2, 0) is 6.42 Å². The fourth-order valence-corrected chi connectivity index (χ4v) is 2.26. The van der Waals surface area contributed by atoms with E-state index >= 15 is 0 Å². The van der Waals surface area contributed by atoms with E-state index in [2.05, 4.69) is 0 Å². The molecule has 0 bridgehead atoms. The second kappa shape index (κ2) is 3.30. The summed E-state index contributed by atoms with van der Waals surface area (Å²) in [6, 6.07) is 7.13. The molecule has 1 aromatic heterocycles. The van der Waals surface area contributed by atoms with Gasteiger partial charge in [-0.2, -0.15) is 0 Å². The van der Waals surface area contributed by atoms with Crippen LogP contribution in [0.25, 0.3) is 10.8 Å². The fraction of sp³-hybridized carbons (Fsp3) is 0.231. The van der Waals surface area contributed by atoms with Crippen LogP contribution in [0, 0.1) is 0 Å². The highest BCUT2D eigenvalue weighted by Gasteiger charge is 2.23. The number of Topliss-reactive ketones (excluding diaryl/α,β-unsaturated/α-hetero) is 1. The van der Waals surface area contributed by atoms with E-state index in [1.807, 2.05) is 12.1 Å². The van der Waals surface area contributed by atoms with Gasteiger partial charge >= 0.3 is 5.63 Å². The van der Waals surface area contributed by atoms with E-state index in [1.54, 1.807) is 12.1 Å². The molecule has 16 heavy (non-hydrogen) atoms. The highest BCUT2D eigenvalue weighted by atomic mass is 16.4. The normalized spacial score (nSPS) is 15.1. The first-order valence-corrected chi connectivity index (χ1v) is 5.35. The Bertz CT molecular complexity index is 637. The first-order valence-electron chi connectivity index (χ1n) is 5.35. The largest absolute Gasteiger partial charge is 0.427 e. The second-order valence-corrected chi connectivity index (χ2v) is 4.01. The summed E-state index contributed by atoms with van der Waals surface area (Å²) >= 11 is 0. The average Bonchev–Trinajstić information content (AvgIpc) is 2.29. The molecule has 0 aliphatic heterocycles. The van der Waals surface area contributed by atoms with Crippen LogP contribution in [0.15, 0.2) is 33.5 Å². The Morgan fingerprint density at radius 1 is 1.00 bits per heavy atom. The molecular weight excluding hydrogens is 204 g/mol. The zero-order valence-corrected chi connectivity index (χ0v) is 8.66. The summed E-state index contributed by atoms with van der Waals surface area (Å²) in [6.07, 6.45) is 2.00. The lowest BCUT2D eigenvalue weighted by atomic mass is 9.92. The number of hydrogen-bond donors (Lipinski definition) is 0. The van der Waals surface area contributed by atoms with E-state index in [1.165, 1.54) is 0 Å². The zero-order valence-electron chi connectivity index (χ0n) is 8.66. The lowest BCUT2D eigenvalue weighted by Gasteiger charge is -2.14. The molecule has 0 saturated heterocycles.